The van der Waals surface area contributed by atoms with Crippen LogP contribution in [0.15, 0.2) is 48.7 Å². The van der Waals surface area contributed by atoms with E-state index in [2.05, 4.69) is 63.1 Å². The molecule has 0 unspecified atom stereocenters. The zero-order valence-corrected chi connectivity index (χ0v) is 20.0. The zero-order chi connectivity index (χ0) is 23.2. The molecule has 2 atom stereocenters. The molecule has 6 nitrogen and oxygen atoms in total. The van der Waals surface area contributed by atoms with E-state index in [9.17, 15) is 0 Å². The molecule has 4 N–H and O–H groups in total. The largest absolute Gasteiger partial charge is 0.347 e. The first kappa shape index (κ1) is 21.1. The highest BCUT2D eigenvalue weighted by Crippen LogP contribution is 2.36. The molecule has 35 heavy (non-hydrogen) atoms. The van der Waals surface area contributed by atoms with Crippen LogP contribution in [0.1, 0.15) is 67.1 Å². The highest BCUT2D eigenvalue weighted by Gasteiger charge is 2.25. The molecule has 6 heteroatoms. The van der Waals surface area contributed by atoms with Gasteiger partial charge in [0, 0.05) is 23.0 Å². The molecule has 3 aliphatic rings. The predicted molar refractivity (Wildman–Crippen MR) is 139 cm³/mol. The van der Waals surface area contributed by atoms with Crippen LogP contribution in [-0.4, -0.2) is 33.0 Å². The fraction of sp³-hybridized carbons (Fsp3) is 0.379. The van der Waals surface area contributed by atoms with Gasteiger partial charge in [0.25, 0.3) is 0 Å². The van der Waals surface area contributed by atoms with Crippen molar-refractivity contribution in [3.8, 4) is 33.6 Å². The topological polar surface area (TPSA) is 81.4 Å². The molecule has 2 fully saturated rings. The maximum absolute atomic E-state index is 5.09. The Bertz CT molecular complexity index is 1350. The van der Waals surface area contributed by atoms with Gasteiger partial charge in [-0.15, -0.1) is 0 Å². The summed E-state index contributed by atoms with van der Waals surface area (Å²) in [4.78, 5) is 17.1. The van der Waals surface area contributed by atoms with Gasteiger partial charge in [-0.3, -0.25) is 0 Å². The van der Waals surface area contributed by atoms with Crippen molar-refractivity contribution in [3.63, 3.8) is 0 Å². The first-order valence-electron chi connectivity index (χ1n) is 13.2. The van der Waals surface area contributed by atoms with Gasteiger partial charge in [0.1, 0.15) is 11.6 Å². The average Bonchev–Trinajstić information content (AvgIpc) is 3.70. The van der Waals surface area contributed by atoms with Crippen LogP contribution in [0.25, 0.3) is 33.6 Å². The lowest BCUT2D eigenvalue weighted by atomic mass is 9.95. The van der Waals surface area contributed by atoms with Crippen LogP contribution in [0.5, 0.6) is 0 Å². The highest BCUT2D eigenvalue weighted by atomic mass is 15.1. The number of nitrogens with zero attached hydrogens (tertiary/aromatic N) is 2. The van der Waals surface area contributed by atoms with Gasteiger partial charge in [-0.25, -0.2) is 9.97 Å². The molecule has 2 saturated heterocycles. The molecule has 7 rings (SSSR count). The minimum Gasteiger partial charge on any atom is -0.347 e. The maximum atomic E-state index is 5.09. The third kappa shape index (κ3) is 3.91. The summed E-state index contributed by atoms with van der Waals surface area (Å²) in [6, 6.07) is 16.4. The van der Waals surface area contributed by atoms with Crippen molar-refractivity contribution in [2.45, 2.75) is 57.0 Å². The summed E-state index contributed by atoms with van der Waals surface area (Å²) in [5, 5.41) is 7.11. The van der Waals surface area contributed by atoms with E-state index in [1.807, 2.05) is 6.20 Å². The predicted octanol–water partition coefficient (Wildman–Crippen LogP) is 5.47. The van der Waals surface area contributed by atoms with E-state index in [1.54, 1.807) is 0 Å². The fourth-order valence-corrected chi connectivity index (χ4v) is 6.02. The number of aromatic amines is 2. The van der Waals surface area contributed by atoms with E-state index in [-0.39, 0.29) is 0 Å². The van der Waals surface area contributed by atoms with Crippen molar-refractivity contribution >= 4 is 0 Å². The summed E-state index contributed by atoms with van der Waals surface area (Å²) >= 11 is 0. The second-order valence-electron chi connectivity index (χ2n) is 10.2. The first-order chi connectivity index (χ1) is 17.3. The van der Waals surface area contributed by atoms with Crippen molar-refractivity contribution < 1.29 is 0 Å². The van der Waals surface area contributed by atoms with Crippen molar-refractivity contribution in [2.75, 3.05) is 13.1 Å². The Morgan fingerprint density at radius 2 is 1.54 bits per heavy atom. The number of benzene rings is 2. The molecule has 4 heterocycles. The first-order valence-corrected chi connectivity index (χ1v) is 13.2. The number of aromatic nitrogens is 4. The molecule has 0 saturated carbocycles. The SMILES string of the molecule is c1cc(-c2ccc3c(c2)CCCc2[nH]c([C@@H]4CCCN4)nc2-3)cc(-c2c[nH]c([C@@H]3CCCN3)n2)c1. The molecule has 4 aromatic rings. The van der Waals surface area contributed by atoms with Gasteiger partial charge in [0.15, 0.2) is 0 Å². The van der Waals surface area contributed by atoms with Crippen molar-refractivity contribution in [1.29, 1.82) is 0 Å². The van der Waals surface area contributed by atoms with Crippen molar-refractivity contribution in [2.24, 2.45) is 0 Å². The summed E-state index contributed by atoms with van der Waals surface area (Å²) in [6.07, 6.45) is 10.1. The van der Waals surface area contributed by atoms with E-state index in [1.165, 1.54) is 47.2 Å². The molecule has 2 aromatic heterocycles. The molecule has 2 aliphatic heterocycles. The number of hydrogen-bond acceptors (Lipinski definition) is 4. The van der Waals surface area contributed by atoms with E-state index < -0.39 is 0 Å². The summed E-state index contributed by atoms with van der Waals surface area (Å²) in [7, 11) is 0. The standard InChI is InChI=1S/C29H32N6/c1-5-18(16-21(7-1)26-17-32-28(34-26)24-9-3-13-30-24)19-11-12-22-20(15-19)6-2-8-23-27(22)35-29(33-23)25-10-4-14-31-25/h1,5,7,11-12,15-17,24-25,30-31H,2-4,6,8-10,13-14H2,(H,32,34)(H,33,35)/t24-,25-/m0/s1. The highest BCUT2D eigenvalue weighted by molar-refractivity contribution is 5.76. The quantitative estimate of drug-likeness (QED) is 0.323. The molecule has 2 aromatic carbocycles. The van der Waals surface area contributed by atoms with Crippen LogP contribution in [0.2, 0.25) is 0 Å². The number of aryl methyl sites for hydroxylation is 2. The monoisotopic (exact) mass is 464 g/mol. The Balaban J connectivity index is 1.20. The zero-order valence-electron chi connectivity index (χ0n) is 20.0. The van der Waals surface area contributed by atoms with Gasteiger partial charge >= 0.3 is 0 Å². The van der Waals surface area contributed by atoms with Gasteiger partial charge in [0.05, 0.1) is 23.5 Å². The number of imidazole rings is 2. The second kappa shape index (κ2) is 8.77. The molecule has 1 aliphatic carbocycles. The molecular weight excluding hydrogens is 432 g/mol. The number of H-pyrrole nitrogens is 2. The lowest BCUT2D eigenvalue weighted by Crippen LogP contribution is -2.14. The number of fused-ring (bicyclic) bond motifs is 3. The Morgan fingerprint density at radius 1 is 0.743 bits per heavy atom. The smallest absolute Gasteiger partial charge is 0.124 e. The molecule has 0 radical (unpaired) electrons. The third-order valence-corrected chi connectivity index (χ3v) is 7.90. The van der Waals surface area contributed by atoms with Gasteiger partial charge < -0.3 is 20.6 Å². The molecule has 0 bridgehead atoms. The lowest BCUT2D eigenvalue weighted by Gasteiger charge is -2.10. The Hall–Kier alpha value is -3.22. The summed E-state index contributed by atoms with van der Waals surface area (Å²) in [6.45, 7) is 2.17. The average molecular weight is 465 g/mol. The van der Waals surface area contributed by atoms with Crippen LogP contribution in [0.3, 0.4) is 0 Å². The fourth-order valence-electron chi connectivity index (χ4n) is 6.02. The second-order valence-corrected chi connectivity index (χ2v) is 10.2. The van der Waals surface area contributed by atoms with Gasteiger partial charge in [-0.1, -0.05) is 36.4 Å². The minimum atomic E-state index is 0.355. The third-order valence-electron chi connectivity index (χ3n) is 7.90. The van der Waals surface area contributed by atoms with Gasteiger partial charge in [-0.05, 0) is 80.8 Å². The Labute approximate surface area is 206 Å². The van der Waals surface area contributed by atoms with Crippen molar-refractivity contribution in [3.05, 3.63) is 71.6 Å². The summed E-state index contributed by atoms with van der Waals surface area (Å²) < 4.78 is 0. The van der Waals surface area contributed by atoms with Crippen LogP contribution < -0.4 is 10.6 Å². The number of nitrogens with one attached hydrogen (secondary N) is 4. The minimum absolute atomic E-state index is 0.355. The Morgan fingerprint density at radius 3 is 2.37 bits per heavy atom. The summed E-state index contributed by atoms with van der Waals surface area (Å²) in [5.74, 6) is 2.17. The number of hydrogen-bond donors (Lipinski definition) is 4. The van der Waals surface area contributed by atoms with Crippen molar-refractivity contribution in [1.82, 2.24) is 30.6 Å². The molecule has 0 spiro atoms. The molecule has 0 amide bonds. The van der Waals surface area contributed by atoms with E-state index in [4.69, 9.17) is 9.97 Å². The molecule has 178 valence electrons. The molecular formula is C29H32N6. The maximum Gasteiger partial charge on any atom is 0.124 e. The number of rotatable bonds is 4. The van der Waals surface area contributed by atoms with Gasteiger partial charge in [-0.2, -0.15) is 0 Å². The summed E-state index contributed by atoms with van der Waals surface area (Å²) in [5.41, 5.74) is 9.81. The Kier molecular flexibility index (Phi) is 5.29. The van der Waals surface area contributed by atoms with Crippen LogP contribution in [-0.2, 0) is 12.8 Å². The van der Waals surface area contributed by atoms with Crippen LogP contribution in [0.4, 0.5) is 0 Å². The van der Waals surface area contributed by atoms with Crippen LogP contribution >= 0.6 is 0 Å². The van der Waals surface area contributed by atoms with E-state index >= 15 is 0 Å². The lowest BCUT2D eigenvalue weighted by molar-refractivity contribution is 0.610. The van der Waals surface area contributed by atoms with E-state index in [0.717, 1.165) is 67.4 Å². The van der Waals surface area contributed by atoms with E-state index in [0.29, 0.717) is 12.1 Å². The van der Waals surface area contributed by atoms with Gasteiger partial charge in [0.2, 0.25) is 0 Å². The normalized spacial score (nSPS) is 21.6. The van der Waals surface area contributed by atoms with Crippen LogP contribution in [0, 0.1) is 0 Å².